The number of aromatic nitrogens is 4. The molecule has 0 bridgehead atoms. The molecule has 0 unspecified atom stereocenters. The fraction of sp³-hybridized carbons (Fsp3) is 0.0278. The lowest BCUT2D eigenvalue weighted by Gasteiger charge is -2.16. The number of nitrogens with one attached hydrogen (secondary N) is 2. The van der Waals surface area contributed by atoms with Gasteiger partial charge in [-0.05, 0) is 108 Å². The molecular formula is C72H54N8O6. The van der Waals surface area contributed by atoms with Gasteiger partial charge in [-0.25, -0.2) is 20.8 Å². The predicted octanol–water partition coefficient (Wildman–Crippen LogP) is 14.2. The highest BCUT2D eigenvalue weighted by Crippen LogP contribution is 2.42. The monoisotopic (exact) mass is 1130 g/mol. The molecule has 4 N–H and O–H groups in total. The highest BCUT2D eigenvalue weighted by atomic mass is 16.5. The van der Waals surface area contributed by atoms with Gasteiger partial charge >= 0.3 is 0 Å². The van der Waals surface area contributed by atoms with Gasteiger partial charge in [0.25, 0.3) is 11.8 Å². The topological polar surface area (TPSA) is 177 Å². The van der Waals surface area contributed by atoms with Crippen molar-refractivity contribution in [2.45, 2.75) is 0 Å². The van der Waals surface area contributed by atoms with Gasteiger partial charge in [0.1, 0.15) is 34.6 Å². The van der Waals surface area contributed by atoms with Gasteiger partial charge in [-0.3, -0.25) is 18.7 Å². The Balaban J connectivity index is 0.847. The van der Waals surface area contributed by atoms with Gasteiger partial charge in [-0.15, -0.1) is 0 Å². The van der Waals surface area contributed by atoms with Crippen LogP contribution in [0, 0.1) is 0 Å². The van der Waals surface area contributed by atoms with E-state index in [2.05, 4.69) is 127 Å². The number of phenolic OH excluding ortho intramolecular Hbond substituents is 2. The zero-order valence-electron chi connectivity index (χ0n) is 46.2. The summed E-state index contributed by atoms with van der Waals surface area (Å²) in [5, 5.41) is 28.0. The zero-order valence-corrected chi connectivity index (χ0v) is 46.2. The largest absolute Gasteiger partial charge is 0.507 e. The molecular weight excluding hydrogens is 1070 g/mol. The maximum absolute atomic E-state index is 12.7. The molecule has 2 aromatic heterocycles. The summed E-state index contributed by atoms with van der Waals surface area (Å²) in [6, 6.07) is 86.2. The van der Waals surface area contributed by atoms with Crippen LogP contribution < -0.4 is 20.3 Å². The number of imidazole rings is 2. The van der Waals surface area contributed by atoms with Crippen LogP contribution in [-0.2, 0) is 9.59 Å². The molecule has 12 aromatic rings. The number of phenols is 2. The van der Waals surface area contributed by atoms with Crippen molar-refractivity contribution in [3.05, 3.63) is 278 Å². The van der Waals surface area contributed by atoms with Crippen LogP contribution in [0.15, 0.2) is 277 Å². The molecule has 0 atom stereocenters. The second kappa shape index (κ2) is 25.5. The van der Waals surface area contributed by atoms with Crippen molar-refractivity contribution >= 4 is 24.2 Å². The van der Waals surface area contributed by atoms with Gasteiger partial charge < -0.3 is 19.7 Å². The fourth-order valence-corrected chi connectivity index (χ4v) is 9.96. The third kappa shape index (κ3) is 12.3. The minimum Gasteiger partial charge on any atom is -0.507 e. The lowest BCUT2D eigenvalue weighted by atomic mass is 10.0. The van der Waals surface area contributed by atoms with E-state index in [0.717, 1.165) is 78.7 Å². The molecule has 0 saturated heterocycles. The summed E-state index contributed by atoms with van der Waals surface area (Å²) in [5.74, 6) is 1.59. The Kier molecular flexibility index (Phi) is 16.2. The number of aromatic hydroxyl groups is 2. The van der Waals surface area contributed by atoms with Crippen LogP contribution in [0.2, 0.25) is 0 Å². The molecule has 14 nitrogen and oxygen atoms in total. The lowest BCUT2D eigenvalue weighted by molar-refractivity contribution is -0.123. The summed E-state index contributed by atoms with van der Waals surface area (Å²) < 4.78 is 16.1. The molecule has 10 aromatic carbocycles. The number of para-hydroxylation sites is 2. The molecule has 0 aliphatic rings. The number of benzene rings is 10. The highest BCUT2D eigenvalue weighted by molar-refractivity contribution is 5.88. The van der Waals surface area contributed by atoms with Crippen molar-refractivity contribution in [3.8, 4) is 113 Å². The van der Waals surface area contributed by atoms with E-state index in [9.17, 15) is 19.8 Å². The number of hydrogen-bond acceptors (Lipinski definition) is 10. The molecule has 12 rings (SSSR count). The van der Waals surface area contributed by atoms with Crippen LogP contribution in [0.3, 0.4) is 0 Å². The summed E-state index contributed by atoms with van der Waals surface area (Å²) in [7, 11) is 0. The molecule has 0 spiro atoms. The number of carbonyl (C=O) groups is 2. The third-order valence-electron chi connectivity index (χ3n) is 14.2. The number of amides is 2. The number of rotatable bonds is 19. The summed E-state index contributed by atoms with van der Waals surface area (Å²) in [6.07, 6.45) is 2.75. The number of ether oxygens (including phenoxy) is 2. The van der Waals surface area contributed by atoms with Crippen molar-refractivity contribution in [2.75, 3.05) is 13.2 Å². The van der Waals surface area contributed by atoms with E-state index in [1.807, 2.05) is 121 Å². The van der Waals surface area contributed by atoms with Gasteiger partial charge in [-0.2, -0.15) is 10.2 Å². The molecule has 418 valence electrons. The van der Waals surface area contributed by atoms with E-state index in [1.54, 1.807) is 48.5 Å². The summed E-state index contributed by atoms with van der Waals surface area (Å²) in [6.45, 7) is -0.546. The van der Waals surface area contributed by atoms with Crippen LogP contribution >= 0.6 is 0 Å². The van der Waals surface area contributed by atoms with Crippen LogP contribution in [0.4, 0.5) is 0 Å². The Bertz CT molecular complexity index is 4080. The van der Waals surface area contributed by atoms with Crippen LogP contribution in [-0.4, -0.2) is 66.8 Å². The van der Waals surface area contributed by atoms with Crippen molar-refractivity contribution < 1.29 is 29.3 Å². The van der Waals surface area contributed by atoms with E-state index in [1.165, 1.54) is 12.4 Å². The summed E-state index contributed by atoms with van der Waals surface area (Å²) >= 11 is 0. The van der Waals surface area contributed by atoms with E-state index >= 15 is 0 Å². The van der Waals surface area contributed by atoms with E-state index in [4.69, 9.17) is 19.4 Å². The van der Waals surface area contributed by atoms with Gasteiger partial charge in [-0.1, -0.05) is 170 Å². The van der Waals surface area contributed by atoms with Crippen molar-refractivity contribution in [3.63, 3.8) is 0 Å². The Morgan fingerprint density at radius 3 is 1.03 bits per heavy atom. The zero-order chi connectivity index (χ0) is 58.6. The summed E-state index contributed by atoms with van der Waals surface area (Å²) in [5.41, 5.74) is 18.7. The molecule has 2 heterocycles. The molecule has 0 aliphatic carbocycles. The Morgan fingerprint density at radius 2 is 0.686 bits per heavy atom. The predicted molar refractivity (Wildman–Crippen MR) is 337 cm³/mol. The second-order valence-electron chi connectivity index (χ2n) is 19.8. The van der Waals surface area contributed by atoms with E-state index in [-0.39, 0.29) is 24.7 Å². The average molecular weight is 1130 g/mol. The van der Waals surface area contributed by atoms with Gasteiger partial charge in [0.2, 0.25) is 0 Å². The Morgan fingerprint density at radius 1 is 0.372 bits per heavy atom. The first-order chi connectivity index (χ1) is 42.3. The standard InChI is InChI=1S/C72H54N8O6/c81-63-27-15-13-25-57(63)45-73-77-65(83)47-85-61-41-33-55(34-42-61)71-75-67(51-17-5-1-6-18-51)69(53-21-9-3-10-22-53)79(71)59-37-29-49(30-38-59)50-31-39-60(40-32-50)80-70(54-23-11-4-12-24-54)68(52-19-7-2-8-20-52)76-72(80)56-35-43-62(44-36-56)86-48-66(84)78-74-46-58-26-14-16-28-64(58)82/h1-46,81-82H,47-48H2,(H,77,83)(H,78,84)/b73-45-,74-46-. The number of hydrogen-bond donors (Lipinski definition) is 4. The van der Waals surface area contributed by atoms with Gasteiger partial charge in [0.05, 0.1) is 35.2 Å². The Labute approximate surface area is 495 Å². The fourth-order valence-electron chi connectivity index (χ4n) is 9.96. The molecule has 0 radical (unpaired) electrons. The van der Waals surface area contributed by atoms with Gasteiger partial charge in [0, 0.05) is 55.9 Å². The number of nitrogens with zero attached hydrogens (tertiary/aromatic N) is 6. The number of hydrazone groups is 2. The molecule has 14 heteroatoms. The number of carbonyl (C=O) groups excluding carboxylic acids is 2. The lowest BCUT2D eigenvalue weighted by Crippen LogP contribution is -2.24. The molecule has 0 fully saturated rings. The molecule has 0 saturated carbocycles. The third-order valence-corrected chi connectivity index (χ3v) is 14.2. The average Bonchev–Trinajstić information content (AvgIpc) is 2.08. The Hall–Kier alpha value is -11.9. The first-order valence-corrected chi connectivity index (χ1v) is 27.7. The first-order valence-electron chi connectivity index (χ1n) is 27.7. The second-order valence-corrected chi connectivity index (χ2v) is 19.8. The van der Waals surface area contributed by atoms with Crippen molar-refractivity contribution in [1.82, 2.24) is 30.0 Å². The maximum Gasteiger partial charge on any atom is 0.277 e. The SMILES string of the molecule is O=C(COc1ccc(-c2nc(-c3ccccc3)c(-c3ccccc3)n2-c2ccc(-c3ccc(-n4c(-c5ccc(OCC(=O)N/N=C\c6ccccc6O)cc5)nc(-c5ccccc5)c4-c4ccccc4)cc3)cc2)cc1)N/N=C\c1ccccc1O. The maximum atomic E-state index is 12.7. The van der Waals surface area contributed by atoms with E-state index < -0.39 is 11.8 Å². The molecule has 2 amide bonds. The normalized spacial score (nSPS) is 11.2. The van der Waals surface area contributed by atoms with Crippen LogP contribution in [0.25, 0.3) is 90.3 Å². The minimum absolute atomic E-state index is 0.0551. The molecule has 86 heavy (non-hydrogen) atoms. The summed E-state index contributed by atoms with van der Waals surface area (Å²) in [4.78, 5) is 36.2. The van der Waals surface area contributed by atoms with Crippen molar-refractivity contribution in [1.29, 1.82) is 0 Å². The van der Waals surface area contributed by atoms with E-state index in [0.29, 0.717) is 34.3 Å². The molecule has 0 aliphatic heterocycles. The smallest absolute Gasteiger partial charge is 0.277 e. The first kappa shape index (κ1) is 54.7. The minimum atomic E-state index is -0.458. The van der Waals surface area contributed by atoms with Crippen molar-refractivity contribution in [2.24, 2.45) is 10.2 Å². The highest BCUT2D eigenvalue weighted by Gasteiger charge is 2.25. The van der Waals surface area contributed by atoms with Crippen LogP contribution in [0.1, 0.15) is 11.1 Å². The van der Waals surface area contributed by atoms with Crippen LogP contribution in [0.5, 0.6) is 23.0 Å². The van der Waals surface area contributed by atoms with Gasteiger partial charge in [0.15, 0.2) is 13.2 Å². The quantitative estimate of drug-likeness (QED) is 0.0457.